The zero-order valence-corrected chi connectivity index (χ0v) is 9.59. The highest BCUT2D eigenvalue weighted by molar-refractivity contribution is 5.17. The topological polar surface area (TPSA) is 20.2 Å². The smallest absolute Gasteiger partial charge is 0.120 e. The van der Waals surface area contributed by atoms with Gasteiger partial charge in [-0.25, -0.2) is 0 Å². The predicted octanol–water partition coefficient (Wildman–Crippen LogP) is 2.92. The van der Waals surface area contributed by atoms with Crippen LogP contribution in [0, 0.1) is 17.3 Å². The van der Waals surface area contributed by atoms with Crippen LogP contribution in [0.25, 0.3) is 0 Å². The van der Waals surface area contributed by atoms with E-state index in [1.807, 2.05) is 13.8 Å². The first kappa shape index (κ1) is 13.0. The molecule has 78 valence electrons. The molecule has 1 unspecified atom stereocenters. The van der Waals surface area contributed by atoms with Gasteiger partial charge in [-0.3, -0.25) is 0 Å². The van der Waals surface area contributed by atoms with Crippen LogP contribution in [0.1, 0.15) is 34.1 Å². The third kappa shape index (κ3) is 4.89. The lowest BCUT2D eigenvalue weighted by molar-refractivity contribution is 0.101. The van der Waals surface area contributed by atoms with Gasteiger partial charge in [0.15, 0.2) is 0 Å². The number of hydrogen-bond acceptors (Lipinski definition) is 1. The van der Waals surface area contributed by atoms with Crippen LogP contribution >= 0.6 is 0 Å². The summed E-state index contributed by atoms with van der Waals surface area (Å²) < 4.78 is 0. The summed E-state index contributed by atoms with van der Waals surface area (Å²) in [6, 6.07) is 0. The van der Waals surface area contributed by atoms with E-state index in [-0.39, 0.29) is 5.41 Å². The first-order valence-electron chi connectivity index (χ1n) is 4.83. The Bertz CT molecular complexity index is 269. The van der Waals surface area contributed by atoms with Gasteiger partial charge in [0.2, 0.25) is 0 Å². The second-order valence-electron chi connectivity index (χ2n) is 4.37. The summed E-state index contributed by atoms with van der Waals surface area (Å²) in [6.45, 7) is 11.6. The van der Waals surface area contributed by atoms with Crippen molar-refractivity contribution in [1.29, 1.82) is 0 Å². The van der Waals surface area contributed by atoms with E-state index in [1.165, 1.54) is 11.6 Å². The fourth-order valence-corrected chi connectivity index (χ4v) is 0.912. The Morgan fingerprint density at radius 1 is 1.50 bits per heavy atom. The van der Waals surface area contributed by atoms with Crippen molar-refractivity contribution in [3.63, 3.8) is 0 Å². The van der Waals surface area contributed by atoms with Gasteiger partial charge in [-0.15, -0.1) is 0 Å². The molecule has 0 aliphatic rings. The van der Waals surface area contributed by atoms with Crippen molar-refractivity contribution in [1.82, 2.24) is 0 Å². The minimum Gasteiger partial charge on any atom is -0.380 e. The fraction of sp³-hybridized carbons (Fsp3) is 0.538. The molecule has 0 spiro atoms. The molecular formula is C13H20O. The minimum absolute atomic E-state index is 0.201. The number of allylic oxidation sites excluding steroid dienone is 3. The maximum atomic E-state index is 9.77. The molecule has 0 bridgehead atoms. The maximum absolute atomic E-state index is 9.77. The average Bonchev–Trinajstić information content (AvgIpc) is 2.11. The van der Waals surface area contributed by atoms with E-state index in [4.69, 9.17) is 0 Å². The summed E-state index contributed by atoms with van der Waals surface area (Å²) >= 11 is 0. The molecule has 0 aliphatic heterocycles. The van der Waals surface area contributed by atoms with E-state index in [0.29, 0.717) is 0 Å². The molecule has 0 aromatic heterocycles. The number of hydrogen-bond donors (Lipinski definition) is 1. The van der Waals surface area contributed by atoms with Crippen LogP contribution in [0.5, 0.6) is 0 Å². The second kappa shape index (κ2) is 5.67. The number of rotatable bonds is 3. The highest BCUT2D eigenvalue weighted by Crippen LogP contribution is 2.26. The molecule has 1 atom stereocenters. The van der Waals surface area contributed by atoms with E-state index in [0.717, 1.165) is 6.42 Å². The van der Waals surface area contributed by atoms with Crippen LogP contribution in [0.2, 0.25) is 0 Å². The molecular weight excluding hydrogens is 172 g/mol. The summed E-state index contributed by atoms with van der Waals surface area (Å²) in [5.41, 5.74) is 1.06. The van der Waals surface area contributed by atoms with Crippen LogP contribution in [-0.4, -0.2) is 11.2 Å². The monoisotopic (exact) mass is 192 g/mol. The molecule has 0 aliphatic carbocycles. The minimum atomic E-state index is -0.601. The highest BCUT2D eigenvalue weighted by atomic mass is 16.3. The molecule has 0 heterocycles. The van der Waals surface area contributed by atoms with E-state index in [2.05, 4.69) is 38.3 Å². The lowest BCUT2D eigenvalue weighted by Crippen LogP contribution is -2.27. The molecule has 0 rings (SSSR count). The standard InChI is InChI=1S/C13H20O/c1-6-7-8-12(14)13(4,5)10-9-11(2)3/h6,9,12,14H,1,10H2,2-5H3. The summed E-state index contributed by atoms with van der Waals surface area (Å²) in [7, 11) is 0. The van der Waals surface area contributed by atoms with Crippen LogP contribution in [0.4, 0.5) is 0 Å². The molecule has 14 heavy (non-hydrogen) atoms. The Kier molecular flexibility index (Phi) is 5.27. The Morgan fingerprint density at radius 3 is 2.50 bits per heavy atom. The van der Waals surface area contributed by atoms with Crippen molar-refractivity contribution >= 4 is 0 Å². The molecule has 1 nitrogen and oxygen atoms in total. The molecule has 0 amide bonds. The molecule has 0 aromatic rings. The first-order valence-corrected chi connectivity index (χ1v) is 4.83. The molecule has 1 heteroatoms. The van der Waals surface area contributed by atoms with Crippen LogP contribution < -0.4 is 0 Å². The molecule has 0 saturated carbocycles. The van der Waals surface area contributed by atoms with Gasteiger partial charge >= 0.3 is 0 Å². The highest BCUT2D eigenvalue weighted by Gasteiger charge is 2.24. The van der Waals surface area contributed by atoms with Gasteiger partial charge in [-0.2, -0.15) is 0 Å². The fourth-order valence-electron chi connectivity index (χ4n) is 0.912. The SMILES string of the molecule is C=CC#CC(O)C(C)(C)CC=C(C)C. The van der Waals surface area contributed by atoms with Gasteiger partial charge in [0, 0.05) is 5.41 Å². The van der Waals surface area contributed by atoms with Crippen molar-refractivity contribution in [3.05, 3.63) is 24.3 Å². The summed E-state index contributed by atoms with van der Waals surface area (Å²) in [6.07, 6.45) is 3.86. The van der Waals surface area contributed by atoms with Crippen molar-refractivity contribution < 1.29 is 5.11 Å². The Balaban J connectivity index is 4.44. The van der Waals surface area contributed by atoms with Crippen molar-refractivity contribution in [2.75, 3.05) is 0 Å². The maximum Gasteiger partial charge on any atom is 0.120 e. The van der Waals surface area contributed by atoms with Gasteiger partial charge in [0.05, 0.1) is 0 Å². The third-order valence-electron chi connectivity index (χ3n) is 2.10. The van der Waals surface area contributed by atoms with Gasteiger partial charge in [0.25, 0.3) is 0 Å². The zero-order valence-electron chi connectivity index (χ0n) is 9.59. The van der Waals surface area contributed by atoms with Gasteiger partial charge in [-0.1, -0.05) is 43.9 Å². The van der Waals surface area contributed by atoms with Gasteiger partial charge < -0.3 is 5.11 Å². The molecule has 0 aromatic carbocycles. The van der Waals surface area contributed by atoms with Gasteiger partial charge in [-0.05, 0) is 26.3 Å². The predicted molar refractivity (Wildman–Crippen MR) is 61.8 cm³/mol. The summed E-state index contributed by atoms with van der Waals surface area (Å²) in [5.74, 6) is 5.44. The lowest BCUT2D eigenvalue weighted by atomic mass is 9.83. The largest absolute Gasteiger partial charge is 0.380 e. The second-order valence-corrected chi connectivity index (χ2v) is 4.37. The molecule has 0 saturated heterocycles. The Labute approximate surface area is 87.5 Å². The molecule has 0 fully saturated rings. The lowest BCUT2D eigenvalue weighted by Gasteiger charge is -2.25. The van der Waals surface area contributed by atoms with Crippen LogP contribution in [-0.2, 0) is 0 Å². The average molecular weight is 192 g/mol. The molecule has 0 radical (unpaired) electrons. The van der Waals surface area contributed by atoms with E-state index in [1.54, 1.807) is 0 Å². The van der Waals surface area contributed by atoms with Crippen molar-refractivity contribution in [3.8, 4) is 11.8 Å². The summed E-state index contributed by atoms with van der Waals surface area (Å²) in [4.78, 5) is 0. The normalized spacial score (nSPS) is 12.4. The Hall–Kier alpha value is -1.00. The zero-order chi connectivity index (χ0) is 11.2. The van der Waals surface area contributed by atoms with E-state index in [9.17, 15) is 5.11 Å². The Morgan fingerprint density at radius 2 is 2.07 bits per heavy atom. The quantitative estimate of drug-likeness (QED) is 0.538. The number of aliphatic hydroxyl groups is 1. The van der Waals surface area contributed by atoms with Crippen LogP contribution in [0.15, 0.2) is 24.3 Å². The molecule has 1 N–H and O–H groups in total. The van der Waals surface area contributed by atoms with E-state index >= 15 is 0 Å². The van der Waals surface area contributed by atoms with Crippen LogP contribution in [0.3, 0.4) is 0 Å². The summed E-state index contributed by atoms with van der Waals surface area (Å²) in [5, 5.41) is 9.77. The van der Waals surface area contributed by atoms with Gasteiger partial charge in [0.1, 0.15) is 6.10 Å². The van der Waals surface area contributed by atoms with E-state index < -0.39 is 6.10 Å². The van der Waals surface area contributed by atoms with Crippen molar-refractivity contribution in [2.45, 2.75) is 40.2 Å². The number of aliphatic hydroxyl groups excluding tert-OH is 1. The van der Waals surface area contributed by atoms with Crippen molar-refractivity contribution in [2.24, 2.45) is 5.41 Å². The third-order valence-corrected chi connectivity index (χ3v) is 2.10. The first-order chi connectivity index (χ1) is 6.40.